The van der Waals surface area contributed by atoms with Crippen molar-refractivity contribution in [2.45, 2.75) is 4.90 Å². The van der Waals surface area contributed by atoms with Gasteiger partial charge in [0, 0.05) is 17.6 Å². The molecule has 5 nitrogen and oxygen atoms in total. The second kappa shape index (κ2) is 7.76. The number of methoxy groups -OCH3 is 1. The Kier molecular flexibility index (Phi) is 5.45. The summed E-state index contributed by atoms with van der Waals surface area (Å²) in [6, 6.07) is 13.6. The summed E-state index contributed by atoms with van der Waals surface area (Å²) in [5.74, 6) is 0.665. The van der Waals surface area contributed by atoms with Gasteiger partial charge in [-0.2, -0.15) is 0 Å². The van der Waals surface area contributed by atoms with E-state index in [-0.39, 0.29) is 12.5 Å². The summed E-state index contributed by atoms with van der Waals surface area (Å²) in [5, 5.41) is 3.72. The van der Waals surface area contributed by atoms with E-state index >= 15 is 0 Å². The number of thioether (sulfide) groups is 1. The number of nitrogens with one attached hydrogen (secondary N) is 1. The fourth-order valence-electron chi connectivity index (χ4n) is 2.42. The Labute approximate surface area is 155 Å². The molecule has 3 aromatic rings. The molecule has 1 amide bonds. The van der Waals surface area contributed by atoms with Crippen molar-refractivity contribution < 1.29 is 9.53 Å². The number of rotatable bonds is 6. The second-order valence-electron chi connectivity index (χ2n) is 5.44. The molecule has 0 aliphatic heterocycles. The highest BCUT2D eigenvalue weighted by molar-refractivity contribution is 7.98. The summed E-state index contributed by atoms with van der Waals surface area (Å²) < 4.78 is 6.38. The Balaban J connectivity index is 1.71. The number of carbonyl (C=O) groups excluding carboxylic acids is 1. The number of thiazole rings is 1. The molecule has 0 fully saturated rings. The van der Waals surface area contributed by atoms with Crippen molar-refractivity contribution in [3.05, 3.63) is 42.5 Å². The van der Waals surface area contributed by atoms with E-state index < -0.39 is 0 Å². The van der Waals surface area contributed by atoms with Crippen molar-refractivity contribution in [1.29, 1.82) is 0 Å². The van der Waals surface area contributed by atoms with Crippen LogP contribution in [0.15, 0.2) is 47.4 Å². The molecule has 0 aliphatic carbocycles. The maximum atomic E-state index is 12.3. The first-order valence-corrected chi connectivity index (χ1v) is 9.73. The Morgan fingerprint density at radius 2 is 2.12 bits per heavy atom. The number of hydrogen-bond donors (Lipinski definition) is 1. The van der Waals surface area contributed by atoms with E-state index in [1.807, 2.05) is 60.7 Å². The highest BCUT2D eigenvalue weighted by atomic mass is 32.2. The van der Waals surface area contributed by atoms with Gasteiger partial charge in [-0.25, -0.2) is 4.98 Å². The first-order chi connectivity index (χ1) is 12.1. The fourth-order valence-corrected chi connectivity index (χ4v) is 3.83. The van der Waals surface area contributed by atoms with Gasteiger partial charge in [-0.3, -0.25) is 4.79 Å². The predicted molar refractivity (Wildman–Crippen MR) is 106 cm³/mol. The van der Waals surface area contributed by atoms with Crippen LogP contribution in [0.3, 0.4) is 0 Å². The standard InChI is InChI=1S/C18H19N3O2S2/c1-21(11-16(22)19-12-6-4-7-13(10-12)24-3)18-20-17-14(23-2)8-5-9-15(17)25-18/h4-10H,11H2,1-3H3,(H,19,22). The highest BCUT2D eigenvalue weighted by Gasteiger charge is 2.14. The predicted octanol–water partition coefficient (Wildman–Crippen LogP) is 4.10. The lowest BCUT2D eigenvalue weighted by Crippen LogP contribution is -2.29. The molecule has 130 valence electrons. The number of nitrogens with zero attached hydrogens (tertiary/aromatic N) is 2. The summed E-state index contributed by atoms with van der Waals surface area (Å²) in [5.41, 5.74) is 1.63. The molecule has 2 aromatic carbocycles. The average molecular weight is 374 g/mol. The van der Waals surface area contributed by atoms with Crippen LogP contribution in [-0.2, 0) is 4.79 Å². The van der Waals surface area contributed by atoms with E-state index in [1.165, 1.54) is 0 Å². The molecule has 1 heterocycles. The third-order valence-corrected chi connectivity index (χ3v) is 5.51. The van der Waals surface area contributed by atoms with Gasteiger partial charge in [0.15, 0.2) is 5.13 Å². The quantitative estimate of drug-likeness (QED) is 0.659. The molecule has 1 aromatic heterocycles. The van der Waals surface area contributed by atoms with Gasteiger partial charge in [0.1, 0.15) is 11.3 Å². The number of likely N-dealkylation sites (N-methyl/N-ethyl adjacent to an activating group) is 1. The highest BCUT2D eigenvalue weighted by Crippen LogP contribution is 2.33. The van der Waals surface area contributed by atoms with Crippen LogP contribution in [0.5, 0.6) is 5.75 Å². The lowest BCUT2D eigenvalue weighted by molar-refractivity contribution is -0.114. The minimum absolute atomic E-state index is 0.0769. The number of hydrogen-bond acceptors (Lipinski definition) is 6. The normalized spacial score (nSPS) is 10.7. The molecule has 0 radical (unpaired) electrons. The second-order valence-corrected chi connectivity index (χ2v) is 7.33. The van der Waals surface area contributed by atoms with Crippen LogP contribution in [-0.4, -0.2) is 37.8 Å². The van der Waals surface area contributed by atoms with E-state index in [4.69, 9.17) is 4.74 Å². The zero-order chi connectivity index (χ0) is 17.8. The zero-order valence-corrected chi connectivity index (χ0v) is 15.9. The number of amides is 1. The fraction of sp³-hybridized carbons (Fsp3) is 0.222. The van der Waals surface area contributed by atoms with Crippen molar-refractivity contribution in [3.63, 3.8) is 0 Å². The smallest absolute Gasteiger partial charge is 0.243 e. The number of anilines is 2. The van der Waals surface area contributed by atoms with Crippen molar-refractivity contribution >= 4 is 50.0 Å². The lowest BCUT2D eigenvalue weighted by Gasteiger charge is -2.15. The van der Waals surface area contributed by atoms with Crippen LogP contribution in [0.1, 0.15) is 0 Å². The van der Waals surface area contributed by atoms with E-state index in [9.17, 15) is 4.79 Å². The molecule has 0 saturated carbocycles. The summed E-state index contributed by atoms with van der Waals surface area (Å²) in [7, 11) is 3.50. The van der Waals surface area contributed by atoms with Crippen LogP contribution in [0.2, 0.25) is 0 Å². The third-order valence-electron chi connectivity index (χ3n) is 3.65. The summed E-state index contributed by atoms with van der Waals surface area (Å²) in [6.45, 7) is 0.228. The first-order valence-electron chi connectivity index (χ1n) is 7.69. The van der Waals surface area contributed by atoms with Crippen LogP contribution in [0.4, 0.5) is 10.8 Å². The van der Waals surface area contributed by atoms with E-state index in [0.29, 0.717) is 0 Å². The lowest BCUT2D eigenvalue weighted by atomic mass is 10.3. The van der Waals surface area contributed by atoms with Crippen LogP contribution in [0.25, 0.3) is 10.2 Å². The Bertz CT molecular complexity index is 895. The Morgan fingerprint density at radius 3 is 2.88 bits per heavy atom. The molecular weight excluding hydrogens is 354 g/mol. The van der Waals surface area contributed by atoms with Gasteiger partial charge in [-0.05, 0) is 36.6 Å². The first kappa shape index (κ1) is 17.6. The van der Waals surface area contributed by atoms with Crippen LogP contribution in [0, 0.1) is 0 Å². The molecule has 0 aliphatic rings. The van der Waals surface area contributed by atoms with Crippen molar-refractivity contribution in [2.75, 3.05) is 37.2 Å². The number of fused-ring (bicyclic) bond motifs is 1. The maximum absolute atomic E-state index is 12.3. The van der Waals surface area contributed by atoms with Crippen molar-refractivity contribution in [3.8, 4) is 5.75 Å². The monoisotopic (exact) mass is 373 g/mol. The van der Waals surface area contributed by atoms with Crippen LogP contribution >= 0.6 is 23.1 Å². The van der Waals surface area contributed by atoms with Gasteiger partial charge in [0.2, 0.25) is 5.91 Å². The summed E-state index contributed by atoms with van der Waals surface area (Å²) >= 11 is 3.19. The molecule has 0 saturated heterocycles. The topological polar surface area (TPSA) is 54.5 Å². The summed E-state index contributed by atoms with van der Waals surface area (Å²) in [6.07, 6.45) is 2.01. The molecule has 0 atom stereocenters. The molecule has 0 unspecified atom stereocenters. The largest absolute Gasteiger partial charge is 0.494 e. The number of carbonyl (C=O) groups is 1. The Morgan fingerprint density at radius 1 is 1.32 bits per heavy atom. The van der Waals surface area contributed by atoms with E-state index in [1.54, 1.807) is 30.2 Å². The number of benzene rings is 2. The van der Waals surface area contributed by atoms with Gasteiger partial charge in [-0.1, -0.05) is 23.5 Å². The third kappa shape index (κ3) is 4.05. The number of para-hydroxylation sites is 1. The number of ether oxygens (including phenoxy) is 1. The maximum Gasteiger partial charge on any atom is 0.243 e. The van der Waals surface area contributed by atoms with Crippen molar-refractivity contribution in [2.24, 2.45) is 0 Å². The van der Waals surface area contributed by atoms with Gasteiger partial charge in [0.25, 0.3) is 0 Å². The molecule has 1 N–H and O–H groups in total. The SMILES string of the molecule is COc1cccc2sc(N(C)CC(=O)Nc3cccc(SC)c3)nc12. The van der Waals surface area contributed by atoms with Crippen LogP contribution < -0.4 is 15.0 Å². The molecule has 3 rings (SSSR count). The average Bonchev–Trinajstić information content (AvgIpc) is 3.06. The molecule has 7 heteroatoms. The van der Waals surface area contributed by atoms with Gasteiger partial charge < -0.3 is 15.0 Å². The minimum atomic E-state index is -0.0769. The van der Waals surface area contributed by atoms with Gasteiger partial charge >= 0.3 is 0 Å². The number of aromatic nitrogens is 1. The molecule has 0 bridgehead atoms. The minimum Gasteiger partial charge on any atom is -0.494 e. The molecule has 0 spiro atoms. The van der Waals surface area contributed by atoms with E-state index in [2.05, 4.69) is 10.3 Å². The molecule has 25 heavy (non-hydrogen) atoms. The van der Waals surface area contributed by atoms with Gasteiger partial charge in [0.05, 0.1) is 18.4 Å². The van der Waals surface area contributed by atoms with Gasteiger partial charge in [-0.15, -0.1) is 11.8 Å². The van der Waals surface area contributed by atoms with E-state index in [0.717, 1.165) is 31.7 Å². The zero-order valence-electron chi connectivity index (χ0n) is 14.3. The molecular formula is C18H19N3O2S2. The Hall–Kier alpha value is -2.25. The van der Waals surface area contributed by atoms with Crippen molar-refractivity contribution in [1.82, 2.24) is 4.98 Å². The summed E-state index contributed by atoms with van der Waals surface area (Å²) in [4.78, 5) is 19.9.